The Bertz CT molecular complexity index is 435. The molecule has 2 rings (SSSR count). The predicted molar refractivity (Wildman–Crippen MR) is 86.7 cm³/mol. The maximum absolute atomic E-state index is 6.46. The van der Waals surface area contributed by atoms with E-state index in [0.29, 0.717) is 18.6 Å². The maximum Gasteiger partial charge on any atom is 0.0834 e. The van der Waals surface area contributed by atoms with Gasteiger partial charge in [0.15, 0.2) is 0 Å². The van der Waals surface area contributed by atoms with Gasteiger partial charge in [0, 0.05) is 7.11 Å². The lowest BCUT2D eigenvalue weighted by Gasteiger charge is -2.29. The third kappa shape index (κ3) is 3.99. The summed E-state index contributed by atoms with van der Waals surface area (Å²) in [5, 5.41) is 8.94. The molecule has 1 aromatic rings. The van der Waals surface area contributed by atoms with Gasteiger partial charge in [0.25, 0.3) is 0 Å². The van der Waals surface area contributed by atoms with Gasteiger partial charge < -0.3 is 10.1 Å². The number of hydrogen-bond donors (Lipinski definition) is 1. The molecule has 1 aromatic heterocycles. The van der Waals surface area contributed by atoms with E-state index < -0.39 is 0 Å². The fourth-order valence-corrected chi connectivity index (χ4v) is 3.72. The molecule has 0 spiro atoms. The van der Waals surface area contributed by atoms with E-state index in [1.165, 1.54) is 19.3 Å². The van der Waals surface area contributed by atoms with Crippen molar-refractivity contribution in [1.29, 1.82) is 0 Å². The van der Waals surface area contributed by atoms with Crippen molar-refractivity contribution >= 4 is 11.6 Å². The first-order chi connectivity index (χ1) is 10.2. The van der Waals surface area contributed by atoms with Crippen molar-refractivity contribution < 1.29 is 4.74 Å². The van der Waals surface area contributed by atoms with Crippen molar-refractivity contribution in [3.05, 3.63) is 16.9 Å². The van der Waals surface area contributed by atoms with Gasteiger partial charge in [-0.05, 0) is 31.2 Å². The molecule has 1 N–H and O–H groups in total. The lowest BCUT2D eigenvalue weighted by atomic mass is 9.88. The van der Waals surface area contributed by atoms with Crippen LogP contribution in [0.2, 0.25) is 5.02 Å². The molecular formula is C16H28ClN3O. The molecule has 5 heteroatoms. The van der Waals surface area contributed by atoms with Crippen molar-refractivity contribution in [2.24, 2.45) is 11.8 Å². The van der Waals surface area contributed by atoms with Gasteiger partial charge in [-0.25, -0.2) is 0 Å². The van der Waals surface area contributed by atoms with E-state index in [-0.39, 0.29) is 0 Å². The van der Waals surface area contributed by atoms with Gasteiger partial charge >= 0.3 is 0 Å². The first kappa shape index (κ1) is 16.8. The minimum Gasteiger partial charge on any atom is -0.383 e. The number of methoxy groups -OCH3 is 1. The van der Waals surface area contributed by atoms with Crippen molar-refractivity contribution in [3.63, 3.8) is 0 Å². The van der Waals surface area contributed by atoms with Gasteiger partial charge in [0.05, 0.1) is 36.1 Å². The van der Waals surface area contributed by atoms with E-state index >= 15 is 0 Å². The topological polar surface area (TPSA) is 39.1 Å². The summed E-state index contributed by atoms with van der Waals surface area (Å²) in [5.41, 5.74) is 1.14. The molecule has 0 bridgehead atoms. The number of rotatable bonds is 8. The Kier molecular flexibility index (Phi) is 6.52. The molecule has 120 valence electrons. The predicted octanol–water partition coefficient (Wildman–Crippen LogP) is 3.66. The molecule has 1 fully saturated rings. The maximum atomic E-state index is 6.46. The number of ether oxygens (including phenoxy) is 1. The first-order valence-corrected chi connectivity index (χ1v) is 8.50. The van der Waals surface area contributed by atoms with Crippen molar-refractivity contribution in [1.82, 2.24) is 15.1 Å². The van der Waals surface area contributed by atoms with Gasteiger partial charge in [-0.15, -0.1) is 0 Å². The summed E-state index contributed by atoms with van der Waals surface area (Å²) >= 11 is 6.46. The molecule has 1 saturated carbocycles. The van der Waals surface area contributed by atoms with Gasteiger partial charge in [-0.2, -0.15) is 5.10 Å². The van der Waals surface area contributed by atoms with Crippen LogP contribution < -0.4 is 5.32 Å². The summed E-state index contributed by atoms with van der Waals surface area (Å²) in [7, 11) is 1.72. The normalized spacial score (nSPS) is 23.6. The van der Waals surface area contributed by atoms with E-state index in [4.69, 9.17) is 16.3 Å². The number of nitrogens with one attached hydrogen (secondary N) is 1. The third-order valence-electron chi connectivity index (χ3n) is 4.61. The molecule has 21 heavy (non-hydrogen) atoms. The molecule has 0 radical (unpaired) electrons. The number of aromatic nitrogens is 2. The van der Waals surface area contributed by atoms with Gasteiger partial charge in [-0.3, -0.25) is 4.68 Å². The summed E-state index contributed by atoms with van der Waals surface area (Å²) in [5.74, 6) is 1.38. The molecule has 0 amide bonds. The van der Waals surface area contributed by atoms with Crippen LogP contribution in [0.15, 0.2) is 6.20 Å². The monoisotopic (exact) mass is 313 g/mol. The Morgan fingerprint density at radius 3 is 2.95 bits per heavy atom. The molecule has 4 nitrogen and oxygen atoms in total. The van der Waals surface area contributed by atoms with E-state index in [0.717, 1.165) is 36.1 Å². The highest BCUT2D eigenvalue weighted by atomic mass is 35.5. The summed E-state index contributed by atoms with van der Waals surface area (Å²) in [6.07, 6.45) is 6.81. The molecule has 0 saturated heterocycles. The van der Waals surface area contributed by atoms with E-state index in [2.05, 4.69) is 24.3 Å². The van der Waals surface area contributed by atoms with Gasteiger partial charge in [0.1, 0.15) is 0 Å². The zero-order valence-corrected chi connectivity index (χ0v) is 14.2. The minimum absolute atomic E-state index is 0.300. The summed E-state index contributed by atoms with van der Waals surface area (Å²) < 4.78 is 7.21. The van der Waals surface area contributed by atoms with Crippen LogP contribution in [0, 0.1) is 11.8 Å². The quantitative estimate of drug-likeness (QED) is 0.796. The second kappa shape index (κ2) is 8.16. The zero-order chi connectivity index (χ0) is 15.2. The molecule has 3 unspecified atom stereocenters. The molecule has 0 aromatic carbocycles. The van der Waals surface area contributed by atoms with Crippen LogP contribution in [0.3, 0.4) is 0 Å². The minimum atomic E-state index is 0.300. The van der Waals surface area contributed by atoms with E-state index in [1.807, 2.05) is 4.68 Å². The lowest BCUT2D eigenvalue weighted by molar-refractivity contribution is 0.179. The van der Waals surface area contributed by atoms with Gasteiger partial charge in [-0.1, -0.05) is 38.3 Å². The molecular weight excluding hydrogens is 286 g/mol. The smallest absolute Gasteiger partial charge is 0.0834 e. The average molecular weight is 314 g/mol. The highest BCUT2D eigenvalue weighted by molar-refractivity contribution is 6.31. The van der Waals surface area contributed by atoms with Crippen molar-refractivity contribution in [3.8, 4) is 0 Å². The molecule has 1 heterocycles. The van der Waals surface area contributed by atoms with Crippen LogP contribution in [0.5, 0.6) is 0 Å². The van der Waals surface area contributed by atoms with Crippen LogP contribution >= 0.6 is 11.6 Å². The Balaban J connectivity index is 2.24. The highest BCUT2D eigenvalue weighted by Crippen LogP contribution is 2.41. The molecule has 1 aliphatic carbocycles. The van der Waals surface area contributed by atoms with Gasteiger partial charge in [0.2, 0.25) is 0 Å². The SMILES string of the molecule is CCCNC(c1c(Cl)cnn1CCOC)C1CCCC1C. The van der Waals surface area contributed by atoms with Crippen molar-refractivity contribution in [2.75, 3.05) is 20.3 Å². The van der Waals surface area contributed by atoms with Crippen LogP contribution in [0.4, 0.5) is 0 Å². The first-order valence-electron chi connectivity index (χ1n) is 8.12. The Hall–Kier alpha value is -0.580. The van der Waals surface area contributed by atoms with Crippen LogP contribution in [0.1, 0.15) is 51.3 Å². The summed E-state index contributed by atoms with van der Waals surface area (Å²) in [6.45, 7) is 6.99. The second-order valence-corrected chi connectivity index (χ2v) is 6.50. The van der Waals surface area contributed by atoms with E-state index in [9.17, 15) is 0 Å². The standard InChI is InChI=1S/C16H28ClN3O/c1-4-8-18-15(13-7-5-6-12(13)2)16-14(17)11-19-20(16)9-10-21-3/h11-13,15,18H,4-10H2,1-3H3. The Labute approximate surface area is 133 Å². The molecule has 3 atom stereocenters. The van der Waals surface area contributed by atoms with E-state index in [1.54, 1.807) is 13.3 Å². The fraction of sp³-hybridized carbons (Fsp3) is 0.812. The molecule has 1 aliphatic rings. The summed E-state index contributed by atoms with van der Waals surface area (Å²) in [4.78, 5) is 0. The zero-order valence-electron chi connectivity index (χ0n) is 13.4. The lowest BCUT2D eigenvalue weighted by Crippen LogP contribution is -2.33. The Morgan fingerprint density at radius 2 is 2.33 bits per heavy atom. The fourth-order valence-electron chi connectivity index (χ4n) is 3.46. The Morgan fingerprint density at radius 1 is 1.52 bits per heavy atom. The second-order valence-electron chi connectivity index (χ2n) is 6.10. The number of halogens is 1. The molecule has 0 aliphatic heterocycles. The average Bonchev–Trinajstić information content (AvgIpc) is 3.05. The van der Waals surface area contributed by atoms with Crippen LogP contribution in [0.25, 0.3) is 0 Å². The number of hydrogen-bond acceptors (Lipinski definition) is 3. The van der Waals surface area contributed by atoms with Crippen LogP contribution in [-0.2, 0) is 11.3 Å². The third-order valence-corrected chi connectivity index (χ3v) is 4.90. The number of nitrogens with zero attached hydrogens (tertiary/aromatic N) is 2. The summed E-state index contributed by atoms with van der Waals surface area (Å²) in [6, 6.07) is 0.300. The largest absolute Gasteiger partial charge is 0.383 e. The van der Waals surface area contributed by atoms with Crippen molar-refractivity contribution in [2.45, 2.75) is 52.1 Å². The van der Waals surface area contributed by atoms with Crippen LogP contribution in [-0.4, -0.2) is 30.0 Å². The highest BCUT2D eigenvalue weighted by Gasteiger charge is 2.34.